The lowest BCUT2D eigenvalue weighted by atomic mass is 10.1. The van der Waals surface area contributed by atoms with E-state index in [9.17, 15) is 14.9 Å². The van der Waals surface area contributed by atoms with E-state index in [4.69, 9.17) is 14.2 Å². The Hall–Kier alpha value is -4.13. The van der Waals surface area contributed by atoms with Gasteiger partial charge in [-0.15, -0.1) is 0 Å². The Labute approximate surface area is 172 Å². The van der Waals surface area contributed by atoms with Crippen molar-refractivity contribution in [3.63, 3.8) is 0 Å². The van der Waals surface area contributed by atoms with Crippen molar-refractivity contribution in [3.05, 3.63) is 99.3 Å². The van der Waals surface area contributed by atoms with Crippen LogP contribution in [-0.4, -0.2) is 17.8 Å². The predicted molar refractivity (Wildman–Crippen MR) is 110 cm³/mol. The van der Waals surface area contributed by atoms with Crippen LogP contribution in [0.5, 0.6) is 17.2 Å². The molecule has 0 saturated heterocycles. The van der Waals surface area contributed by atoms with Gasteiger partial charge in [-0.1, -0.05) is 18.2 Å². The molecule has 0 saturated carbocycles. The first-order chi connectivity index (χ1) is 14.5. The molecule has 0 radical (unpaired) electrons. The molecule has 0 atom stereocenters. The summed E-state index contributed by atoms with van der Waals surface area (Å²) in [5.41, 5.74) is 2.01. The van der Waals surface area contributed by atoms with Crippen LogP contribution in [0.1, 0.15) is 21.5 Å². The standard InChI is InChI=1S/C23H17NO6/c1-28-20-5-3-2-4-16(20)12-22-23(25)19-11-10-18(13-21(19)30-22)29-14-15-6-8-17(9-7-15)24(26)27/h2-13H,14H2,1H3. The quantitative estimate of drug-likeness (QED) is 0.334. The second kappa shape index (κ2) is 8.08. The average Bonchev–Trinajstić information content (AvgIpc) is 3.07. The highest BCUT2D eigenvalue weighted by Crippen LogP contribution is 2.36. The van der Waals surface area contributed by atoms with Crippen LogP contribution in [0.25, 0.3) is 6.08 Å². The minimum atomic E-state index is -0.449. The first-order valence-electron chi connectivity index (χ1n) is 9.12. The number of nitro benzene ring substituents is 1. The Morgan fingerprint density at radius 2 is 1.83 bits per heavy atom. The van der Waals surface area contributed by atoms with E-state index in [2.05, 4.69) is 0 Å². The van der Waals surface area contributed by atoms with Gasteiger partial charge < -0.3 is 14.2 Å². The lowest BCUT2D eigenvalue weighted by Gasteiger charge is -2.07. The zero-order valence-corrected chi connectivity index (χ0v) is 16.0. The van der Waals surface area contributed by atoms with Crippen molar-refractivity contribution in [3.8, 4) is 17.2 Å². The van der Waals surface area contributed by atoms with Crippen LogP contribution in [0.2, 0.25) is 0 Å². The maximum absolute atomic E-state index is 12.6. The van der Waals surface area contributed by atoms with E-state index in [1.54, 1.807) is 43.5 Å². The molecule has 1 aliphatic heterocycles. The van der Waals surface area contributed by atoms with Gasteiger partial charge in [0.05, 0.1) is 17.6 Å². The number of nitrogens with zero attached hydrogens (tertiary/aromatic N) is 1. The number of ether oxygens (including phenoxy) is 3. The number of fused-ring (bicyclic) bond motifs is 1. The molecule has 0 N–H and O–H groups in total. The molecule has 0 aliphatic carbocycles. The van der Waals surface area contributed by atoms with Crippen LogP contribution >= 0.6 is 0 Å². The number of rotatable bonds is 6. The summed E-state index contributed by atoms with van der Waals surface area (Å²) in [5, 5.41) is 10.7. The van der Waals surface area contributed by atoms with E-state index in [-0.39, 0.29) is 23.8 Å². The molecule has 30 heavy (non-hydrogen) atoms. The molecule has 0 spiro atoms. The Kier molecular flexibility index (Phi) is 5.17. The van der Waals surface area contributed by atoms with Crippen LogP contribution in [0.4, 0.5) is 5.69 Å². The first kappa shape index (κ1) is 19.2. The molecule has 0 aromatic heterocycles. The van der Waals surface area contributed by atoms with Gasteiger partial charge in [-0.2, -0.15) is 0 Å². The molecule has 4 rings (SSSR count). The van der Waals surface area contributed by atoms with Crippen molar-refractivity contribution in [1.82, 2.24) is 0 Å². The van der Waals surface area contributed by atoms with E-state index < -0.39 is 4.92 Å². The summed E-state index contributed by atoms with van der Waals surface area (Å²) in [6.45, 7) is 0.231. The number of carbonyl (C=O) groups excluding carboxylic acids is 1. The highest BCUT2D eigenvalue weighted by Gasteiger charge is 2.28. The topological polar surface area (TPSA) is 87.9 Å². The fraction of sp³-hybridized carbons (Fsp3) is 0.0870. The number of hydrogen-bond donors (Lipinski definition) is 0. The molecule has 1 aliphatic rings. The van der Waals surface area contributed by atoms with E-state index in [1.165, 1.54) is 12.1 Å². The number of para-hydroxylation sites is 1. The lowest BCUT2D eigenvalue weighted by molar-refractivity contribution is -0.384. The van der Waals surface area contributed by atoms with Crippen LogP contribution < -0.4 is 14.2 Å². The van der Waals surface area contributed by atoms with Crippen LogP contribution in [0.3, 0.4) is 0 Å². The fourth-order valence-electron chi connectivity index (χ4n) is 3.06. The Balaban J connectivity index is 1.49. The fourth-order valence-corrected chi connectivity index (χ4v) is 3.06. The number of carbonyl (C=O) groups is 1. The third-order valence-corrected chi connectivity index (χ3v) is 4.62. The van der Waals surface area contributed by atoms with Gasteiger partial charge in [-0.05, 0) is 42.0 Å². The van der Waals surface area contributed by atoms with E-state index in [1.807, 2.05) is 24.3 Å². The maximum atomic E-state index is 12.6. The summed E-state index contributed by atoms with van der Waals surface area (Å²) in [7, 11) is 1.57. The number of Topliss-reactive ketones (excluding diaryl/α,β-unsaturated/α-hetero) is 1. The molecular formula is C23H17NO6. The van der Waals surface area contributed by atoms with Crippen molar-refractivity contribution >= 4 is 17.5 Å². The average molecular weight is 403 g/mol. The number of ketones is 1. The van der Waals surface area contributed by atoms with Crippen molar-refractivity contribution in [2.75, 3.05) is 7.11 Å². The van der Waals surface area contributed by atoms with Gasteiger partial charge in [0.15, 0.2) is 5.76 Å². The summed E-state index contributed by atoms with van der Waals surface area (Å²) in [4.78, 5) is 22.9. The summed E-state index contributed by atoms with van der Waals surface area (Å²) in [6.07, 6.45) is 1.65. The zero-order valence-electron chi connectivity index (χ0n) is 16.0. The van der Waals surface area contributed by atoms with E-state index in [0.29, 0.717) is 22.8 Å². The van der Waals surface area contributed by atoms with Gasteiger partial charge in [0, 0.05) is 23.8 Å². The molecule has 3 aromatic carbocycles. The minimum absolute atomic E-state index is 0.0255. The second-order valence-corrected chi connectivity index (χ2v) is 6.55. The van der Waals surface area contributed by atoms with Crippen LogP contribution in [0, 0.1) is 10.1 Å². The van der Waals surface area contributed by atoms with Crippen LogP contribution in [-0.2, 0) is 6.61 Å². The Morgan fingerprint density at radius 1 is 1.07 bits per heavy atom. The highest BCUT2D eigenvalue weighted by molar-refractivity contribution is 6.14. The molecular weight excluding hydrogens is 386 g/mol. The van der Waals surface area contributed by atoms with Gasteiger partial charge in [0.25, 0.3) is 5.69 Å². The Bertz CT molecular complexity index is 1150. The monoisotopic (exact) mass is 403 g/mol. The number of hydrogen-bond acceptors (Lipinski definition) is 6. The third-order valence-electron chi connectivity index (χ3n) is 4.62. The summed E-state index contributed by atoms with van der Waals surface area (Å²) < 4.78 is 16.8. The molecule has 1 heterocycles. The van der Waals surface area contributed by atoms with Crippen molar-refractivity contribution in [1.29, 1.82) is 0 Å². The van der Waals surface area contributed by atoms with Gasteiger partial charge in [-0.25, -0.2) is 0 Å². The van der Waals surface area contributed by atoms with E-state index >= 15 is 0 Å². The zero-order chi connectivity index (χ0) is 21.1. The molecule has 150 valence electrons. The number of nitro groups is 1. The smallest absolute Gasteiger partial charge is 0.269 e. The minimum Gasteiger partial charge on any atom is -0.496 e. The summed E-state index contributed by atoms with van der Waals surface area (Å²) >= 11 is 0. The Morgan fingerprint density at radius 3 is 2.57 bits per heavy atom. The number of methoxy groups -OCH3 is 1. The second-order valence-electron chi connectivity index (χ2n) is 6.55. The highest BCUT2D eigenvalue weighted by atomic mass is 16.6. The van der Waals surface area contributed by atoms with Crippen molar-refractivity contribution in [2.45, 2.75) is 6.61 Å². The van der Waals surface area contributed by atoms with Gasteiger partial charge in [0.2, 0.25) is 5.78 Å². The summed E-state index contributed by atoms with van der Waals surface area (Å²) in [5.74, 6) is 1.59. The van der Waals surface area contributed by atoms with Gasteiger partial charge in [0.1, 0.15) is 23.9 Å². The molecule has 0 bridgehead atoms. The number of non-ortho nitro benzene ring substituents is 1. The molecule has 7 nitrogen and oxygen atoms in total. The normalized spacial score (nSPS) is 13.6. The largest absolute Gasteiger partial charge is 0.496 e. The van der Waals surface area contributed by atoms with Gasteiger partial charge in [-0.3, -0.25) is 14.9 Å². The lowest BCUT2D eigenvalue weighted by Crippen LogP contribution is -1.98. The SMILES string of the molecule is COc1ccccc1C=C1Oc2cc(OCc3ccc([N+](=O)[O-])cc3)ccc2C1=O. The first-order valence-corrected chi connectivity index (χ1v) is 9.12. The maximum Gasteiger partial charge on any atom is 0.269 e. The molecule has 3 aromatic rings. The third kappa shape index (κ3) is 3.86. The number of benzene rings is 3. The molecule has 0 unspecified atom stereocenters. The van der Waals surface area contributed by atoms with Gasteiger partial charge >= 0.3 is 0 Å². The predicted octanol–water partition coefficient (Wildman–Crippen LogP) is 4.80. The van der Waals surface area contributed by atoms with Crippen molar-refractivity contribution < 1.29 is 23.9 Å². The van der Waals surface area contributed by atoms with Crippen molar-refractivity contribution in [2.24, 2.45) is 0 Å². The number of allylic oxidation sites excluding steroid dienone is 1. The molecule has 0 fully saturated rings. The molecule has 7 heteroatoms. The van der Waals surface area contributed by atoms with Crippen LogP contribution in [0.15, 0.2) is 72.5 Å². The molecule has 0 amide bonds. The summed E-state index contributed by atoms with van der Waals surface area (Å²) in [6, 6.07) is 18.5. The van der Waals surface area contributed by atoms with E-state index in [0.717, 1.165) is 11.1 Å².